The van der Waals surface area contributed by atoms with Crippen molar-refractivity contribution in [2.75, 3.05) is 17.3 Å². The highest BCUT2D eigenvalue weighted by molar-refractivity contribution is 7.92. The normalized spacial score (nSPS) is 12.8. The molecule has 0 saturated carbocycles. The maximum Gasteiger partial charge on any atom is 0.272 e. The Labute approximate surface area is 167 Å². The highest BCUT2D eigenvalue weighted by Gasteiger charge is 2.16. The predicted molar refractivity (Wildman–Crippen MR) is 109 cm³/mol. The number of aromatic nitrogens is 2. The zero-order chi connectivity index (χ0) is 20.6. The molecule has 0 fully saturated rings. The van der Waals surface area contributed by atoms with E-state index >= 15 is 0 Å². The molecule has 1 N–H and O–H groups in total. The standard InChI is InChI=1S/C20H19N3O5S/c1-3-29(25,26)22-15-6-4-5-14(9-15)17-11-20(24)23(21-13(17)2)16-7-8-18-19(10-16)28-12-27-18/h4-11,22H,3,12H2,1-2H3. The zero-order valence-electron chi connectivity index (χ0n) is 15.9. The Morgan fingerprint density at radius 1 is 1.10 bits per heavy atom. The van der Waals surface area contributed by atoms with Crippen LogP contribution in [0.4, 0.5) is 5.69 Å². The van der Waals surface area contributed by atoms with E-state index in [1.54, 1.807) is 56.3 Å². The van der Waals surface area contributed by atoms with Crippen molar-refractivity contribution >= 4 is 15.7 Å². The fraction of sp³-hybridized carbons (Fsp3) is 0.200. The Bertz CT molecular complexity index is 1250. The van der Waals surface area contributed by atoms with Crippen LogP contribution in [0.5, 0.6) is 11.5 Å². The van der Waals surface area contributed by atoms with Crippen LogP contribution in [0.1, 0.15) is 12.6 Å². The van der Waals surface area contributed by atoms with Crippen molar-refractivity contribution in [3.63, 3.8) is 0 Å². The van der Waals surface area contributed by atoms with Gasteiger partial charge in [0, 0.05) is 23.4 Å². The first kappa shape index (κ1) is 19.0. The van der Waals surface area contributed by atoms with Crippen LogP contribution in [0, 0.1) is 6.92 Å². The van der Waals surface area contributed by atoms with Gasteiger partial charge in [0.15, 0.2) is 11.5 Å². The third-order valence-electron chi connectivity index (χ3n) is 4.54. The van der Waals surface area contributed by atoms with Crippen molar-refractivity contribution < 1.29 is 17.9 Å². The lowest BCUT2D eigenvalue weighted by atomic mass is 10.0. The third kappa shape index (κ3) is 3.81. The molecule has 0 amide bonds. The average molecular weight is 413 g/mol. The molecule has 8 nitrogen and oxygen atoms in total. The van der Waals surface area contributed by atoms with Crippen molar-refractivity contribution in [2.24, 2.45) is 0 Å². The Balaban J connectivity index is 1.72. The molecule has 4 rings (SSSR count). The molecule has 0 bridgehead atoms. The van der Waals surface area contributed by atoms with Gasteiger partial charge < -0.3 is 9.47 Å². The number of anilines is 1. The fourth-order valence-electron chi connectivity index (χ4n) is 3.04. The van der Waals surface area contributed by atoms with Crippen molar-refractivity contribution in [1.29, 1.82) is 0 Å². The number of nitrogens with zero attached hydrogens (tertiary/aromatic N) is 2. The molecule has 1 aliphatic rings. The van der Waals surface area contributed by atoms with Gasteiger partial charge in [-0.15, -0.1) is 0 Å². The monoisotopic (exact) mass is 413 g/mol. The molecule has 150 valence electrons. The van der Waals surface area contributed by atoms with Crippen LogP contribution < -0.4 is 19.8 Å². The minimum atomic E-state index is -3.39. The first-order valence-corrected chi connectivity index (χ1v) is 10.6. The number of fused-ring (bicyclic) bond motifs is 1. The van der Waals surface area contributed by atoms with Crippen LogP contribution in [0.25, 0.3) is 16.8 Å². The largest absolute Gasteiger partial charge is 0.454 e. The Hall–Kier alpha value is -3.33. The van der Waals surface area contributed by atoms with E-state index in [4.69, 9.17) is 9.47 Å². The van der Waals surface area contributed by atoms with Gasteiger partial charge in [0.2, 0.25) is 16.8 Å². The predicted octanol–water partition coefficient (Wildman–Crippen LogP) is 2.70. The molecule has 0 unspecified atom stereocenters. The first-order chi connectivity index (χ1) is 13.9. The van der Waals surface area contributed by atoms with Gasteiger partial charge in [0.05, 0.1) is 17.1 Å². The van der Waals surface area contributed by atoms with Crippen LogP contribution in [0.3, 0.4) is 0 Å². The summed E-state index contributed by atoms with van der Waals surface area (Å²) in [5, 5.41) is 4.43. The topological polar surface area (TPSA) is 99.5 Å². The number of rotatable bonds is 5. The van der Waals surface area contributed by atoms with E-state index < -0.39 is 10.0 Å². The SMILES string of the molecule is CCS(=O)(=O)Nc1cccc(-c2cc(=O)n(-c3ccc4c(c3)OCO4)nc2C)c1. The van der Waals surface area contributed by atoms with Gasteiger partial charge in [0.25, 0.3) is 5.56 Å². The molecule has 0 spiro atoms. The number of hydrogen-bond donors (Lipinski definition) is 1. The molecule has 2 aromatic carbocycles. The van der Waals surface area contributed by atoms with E-state index in [2.05, 4.69) is 9.82 Å². The summed E-state index contributed by atoms with van der Waals surface area (Å²) in [7, 11) is -3.39. The Kier molecular flexibility index (Phi) is 4.75. The molecule has 1 aliphatic heterocycles. The Morgan fingerprint density at radius 3 is 2.69 bits per heavy atom. The van der Waals surface area contributed by atoms with E-state index in [9.17, 15) is 13.2 Å². The highest BCUT2D eigenvalue weighted by Crippen LogP contribution is 2.33. The molecule has 0 atom stereocenters. The van der Waals surface area contributed by atoms with Crippen LogP contribution >= 0.6 is 0 Å². The lowest BCUT2D eigenvalue weighted by Crippen LogP contribution is -2.21. The molecule has 3 aromatic rings. The van der Waals surface area contributed by atoms with Crippen LogP contribution in [-0.4, -0.2) is 30.7 Å². The van der Waals surface area contributed by atoms with E-state index in [0.717, 1.165) is 0 Å². The van der Waals surface area contributed by atoms with Crippen LogP contribution in [0.2, 0.25) is 0 Å². The van der Waals surface area contributed by atoms with Crippen LogP contribution in [0.15, 0.2) is 53.3 Å². The quantitative estimate of drug-likeness (QED) is 0.690. The molecule has 1 aromatic heterocycles. The third-order valence-corrected chi connectivity index (χ3v) is 5.85. The summed E-state index contributed by atoms with van der Waals surface area (Å²) in [4.78, 5) is 12.7. The number of ether oxygens (including phenoxy) is 2. The Morgan fingerprint density at radius 2 is 1.90 bits per heavy atom. The molecular weight excluding hydrogens is 394 g/mol. The lowest BCUT2D eigenvalue weighted by molar-refractivity contribution is 0.174. The van der Waals surface area contributed by atoms with Gasteiger partial charge in [0.1, 0.15) is 0 Å². The number of sulfonamides is 1. The molecule has 2 heterocycles. The molecule has 29 heavy (non-hydrogen) atoms. The minimum absolute atomic E-state index is 0.0244. The van der Waals surface area contributed by atoms with Crippen LogP contribution in [-0.2, 0) is 10.0 Å². The molecule has 0 aliphatic carbocycles. The number of nitrogens with one attached hydrogen (secondary N) is 1. The summed E-state index contributed by atoms with van der Waals surface area (Å²) in [5.74, 6) is 1.17. The number of benzene rings is 2. The maximum atomic E-state index is 12.7. The van der Waals surface area contributed by atoms with E-state index in [1.165, 1.54) is 10.7 Å². The molecular formula is C20H19N3O5S. The van der Waals surface area contributed by atoms with Gasteiger partial charge in [-0.2, -0.15) is 9.78 Å². The summed E-state index contributed by atoms with van der Waals surface area (Å²) >= 11 is 0. The number of hydrogen-bond acceptors (Lipinski definition) is 6. The van der Waals surface area contributed by atoms with Gasteiger partial charge in [-0.3, -0.25) is 9.52 Å². The van der Waals surface area contributed by atoms with Gasteiger partial charge >= 0.3 is 0 Å². The second-order valence-corrected chi connectivity index (χ2v) is 8.53. The number of aryl methyl sites for hydroxylation is 1. The fourth-order valence-corrected chi connectivity index (χ4v) is 3.67. The summed E-state index contributed by atoms with van der Waals surface area (Å²) in [6.45, 7) is 3.51. The maximum absolute atomic E-state index is 12.7. The smallest absolute Gasteiger partial charge is 0.272 e. The van der Waals surface area contributed by atoms with Crippen molar-refractivity contribution in [2.45, 2.75) is 13.8 Å². The average Bonchev–Trinajstić information content (AvgIpc) is 3.17. The highest BCUT2D eigenvalue weighted by atomic mass is 32.2. The summed E-state index contributed by atoms with van der Waals surface area (Å²) in [6.07, 6.45) is 0. The van der Waals surface area contributed by atoms with E-state index in [-0.39, 0.29) is 18.1 Å². The minimum Gasteiger partial charge on any atom is -0.454 e. The van der Waals surface area contributed by atoms with E-state index in [0.29, 0.717) is 39.7 Å². The summed E-state index contributed by atoms with van der Waals surface area (Å²) in [6, 6.07) is 13.5. The molecule has 0 radical (unpaired) electrons. The second kappa shape index (κ2) is 7.25. The summed E-state index contributed by atoms with van der Waals surface area (Å²) < 4.78 is 38.1. The van der Waals surface area contributed by atoms with Crippen molar-refractivity contribution in [3.8, 4) is 28.3 Å². The van der Waals surface area contributed by atoms with E-state index in [1.807, 2.05) is 0 Å². The second-order valence-electron chi connectivity index (χ2n) is 6.52. The van der Waals surface area contributed by atoms with Gasteiger partial charge in [-0.25, -0.2) is 8.42 Å². The first-order valence-electron chi connectivity index (χ1n) is 8.98. The molecule has 9 heteroatoms. The van der Waals surface area contributed by atoms with Crippen molar-refractivity contribution in [3.05, 3.63) is 64.6 Å². The molecule has 0 saturated heterocycles. The lowest BCUT2D eigenvalue weighted by Gasteiger charge is -2.12. The van der Waals surface area contributed by atoms with Crippen molar-refractivity contribution in [1.82, 2.24) is 9.78 Å². The van der Waals surface area contributed by atoms with Gasteiger partial charge in [-0.1, -0.05) is 12.1 Å². The zero-order valence-corrected chi connectivity index (χ0v) is 16.7. The summed E-state index contributed by atoms with van der Waals surface area (Å²) in [5.41, 5.74) is 2.63. The van der Waals surface area contributed by atoms with Gasteiger partial charge in [-0.05, 0) is 43.7 Å².